The number of hydrogen-bond donors (Lipinski definition) is 0. The number of aromatic nitrogens is 4. The zero-order chi connectivity index (χ0) is 43.7. The van der Waals surface area contributed by atoms with Gasteiger partial charge in [-0.2, -0.15) is 15.8 Å². The van der Waals surface area contributed by atoms with Crippen LogP contribution in [-0.4, -0.2) is 19.5 Å². The molecule has 10 aromatic rings. The van der Waals surface area contributed by atoms with Gasteiger partial charge in [0.15, 0.2) is 23.2 Å². The van der Waals surface area contributed by atoms with Gasteiger partial charge in [-0.1, -0.05) is 127 Å². The molecule has 0 amide bonds. The van der Waals surface area contributed by atoms with E-state index >= 15 is 0 Å². The van der Waals surface area contributed by atoms with E-state index in [0.29, 0.717) is 73.4 Å². The second-order valence-electron chi connectivity index (χ2n) is 15.3. The van der Waals surface area contributed by atoms with Gasteiger partial charge in [0, 0.05) is 49.7 Å². The highest BCUT2D eigenvalue weighted by Gasteiger charge is 2.26. The average Bonchev–Trinajstić information content (AvgIpc) is 3.69. The molecule has 8 nitrogen and oxygen atoms in total. The van der Waals surface area contributed by atoms with Crippen LogP contribution in [0.4, 0.5) is 5.69 Å². The number of fused-ring (bicyclic) bond motifs is 3. The number of rotatable bonds is 7. The summed E-state index contributed by atoms with van der Waals surface area (Å²) in [6.45, 7) is 9.92. The normalized spacial score (nSPS) is 10.8. The van der Waals surface area contributed by atoms with Gasteiger partial charge in [-0.15, -0.1) is 0 Å². The van der Waals surface area contributed by atoms with Gasteiger partial charge in [0.1, 0.15) is 0 Å². The molecule has 8 heteroatoms. The van der Waals surface area contributed by atoms with E-state index in [4.69, 9.17) is 21.5 Å². The van der Waals surface area contributed by atoms with Crippen molar-refractivity contribution in [2.45, 2.75) is 6.92 Å². The van der Waals surface area contributed by atoms with Crippen LogP contribution in [0.1, 0.15) is 22.3 Å². The zero-order valence-corrected chi connectivity index (χ0v) is 34.3. The van der Waals surface area contributed by atoms with E-state index in [0.717, 1.165) is 49.6 Å². The van der Waals surface area contributed by atoms with Crippen LogP contribution in [0.25, 0.3) is 99.9 Å². The van der Waals surface area contributed by atoms with Crippen molar-refractivity contribution in [3.8, 4) is 91.4 Å². The molecule has 0 saturated heterocycles. The molecule has 0 fully saturated rings. The lowest BCUT2D eigenvalue weighted by Gasteiger charge is -2.22. The van der Waals surface area contributed by atoms with Gasteiger partial charge in [-0.3, -0.25) is 0 Å². The van der Waals surface area contributed by atoms with Crippen LogP contribution >= 0.6 is 0 Å². The monoisotopic (exact) mass is 816 g/mol. The summed E-state index contributed by atoms with van der Waals surface area (Å²) in [5, 5.41) is 33.6. The fraction of sp³-hybridized carbons (Fsp3) is 0.0179. The van der Waals surface area contributed by atoms with Gasteiger partial charge in [0.2, 0.25) is 0 Å². The zero-order valence-electron chi connectivity index (χ0n) is 34.3. The quantitative estimate of drug-likeness (QED) is 0.148. The van der Waals surface area contributed by atoms with Gasteiger partial charge in [0.05, 0.1) is 52.6 Å². The number of aryl methyl sites for hydroxylation is 1. The third-order valence-electron chi connectivity index (χ3n) is 11.5. The molecule has 0 atom stereocenters. The topological polar surface area (TPSA) is 119 Å². The maximum absolute atomic E-state index is 10.8. The van der Waals surface area contributed by atoms with Crippen molar-refractivity contribution in [3.63, 3.8) is 0 Å². The molecule has 0 unspecified atom stereocenters. The van der Waals surface area contributed by atoms with E-state index in [1.165, 1.54) is 0 Å². The molecule has 2 heterocycles. The van der Waals surface area contributed by atoms with Crippen LogP contribution in [0.5, 0.6) is 0 Å². The predicted molar refractivity (Wildman–Crippen MR) is 252 cm³/mol. The Hall–Kier alpha value is -9.47. The van der Waals surface area contributed by atoms with Crippen molar-refractivity contribution in [2.24, 2.45) is 0 Å². The fourth-order valence-electron chi connectivity index (χ4n) is 8.50. The van der Waals surface area contributed by atoms with Crippen LogP contribution in [0, 0.1) is 47.5 Å². The number of para-hydroxylation sites is 1. The first-order chi connectivity index (χ1) is 31.5. The molecule has 0 aliphatic rings. The molecule has 0 radical (unpaired) electrons. The maximum atomic E-state index is 10.8. The van der Waals surface area contributed by atoms with Gasteiger partial charge < -0.3 is 4.57 Å². The summed E-state index contributed by atoms with van der Waals surface area (Å²) >= 11 is 0. The number of benzene rings is 8. The summed E-state index contributed by atoms with van der Waals surface area (Å²) in [7, 11) is 0. The molecule has 0 bridgehead atoms. The first kappa shape index (κ1) is 38.7. The van der Waals surface area contributed by atoms with Crippen LogP contribution in [-0.2, 0) is 0 Å². The minimum atomic E-state index is 0.292. The second kappa shape index (κ2) is 16.2. The van der Waals surface area contributed by atoms with Crippen molar-refractivity contribution in [3.05, 3.63) is 210 Å². The Balaban J connectivity index is 1.37. The minimum Gasteiger partial charge on any atom is -0.308 e. The highest BCUT2D eigenvalue weighted by Crippen LogP contribution is 2.46. The molecule has 0 saturated carbocycles. The minimum absolute atomic E-state index is 0.292. The van der Waals surface area contributed by atoms with Crippen LogP contribution in [0.2, 0.25) is 0 Å². The van der Waals surface area contributed by atoms with E-state index in [9.17, 15) is 15.8 Å². The SMILES string of the molecule is [C-]#[N+]c1ccc(-c2cc(-c3nc(-c4ccccc4)nc(-c4ccccc4)n3)cc(-c3ccc(C#N)cc3C#N)c2-n2c3ccccc3c3cc(-c4ccccc4C)ccc32)c(C#N)c1. The molecule has 0 spiro atoms. The number of hydrogen-bond acceptors (Lipinski definition) is 6. The molecule has 0 N–H and O–H groups in total. The first-order valence-electron chi connectivity index (χ1n) is 20.5. The van der Waals surface area contributed by atoms with Crippen molar-refractivity contribution in [1.82, 2.24) is 19.5 Å². The Morgan fingerprint density at radius 3 is 1.64 bits per heavy atom. The van der Waals surface area contributed by atoms with Crippen molar-refractivity contribution < 1.29 is 0 Å². The summed E-state index contributed by atoms with van der Waals surface area (Å²) in [4.78, 5) is 18.8. The molecular weight excluding hydrogens is 785 g/mol. The largest absolute Gasteiger partial charge is 0.308 e. The second-order valence-corrected chi connectivity index (χ2v) is 15.3. The average molecular weight is 817 g/mol. The van der Waals surface area contributed by atoms with Crippen LogP contribution in [0.3, 0.4) is 0 Å². The predicted octanol–water partition coefficient (Wildman–Crippen LogP) is 13.4. The van der Waals surface area contributed by atoms with E-state index in [-0.39, 0.29) is 0 Å². The molecule has 8 aromatic carbocycles. The van der Waals surface area contributed by atoms with Gasteiger partial charge in [0.25, 0.3) is 0 Å². The van der Waals surface area contributed by atoms with E-state index in [1.54, 1.807) is 30.3 Å². The Labute approximate surface area is 369 Å². The lowest BCUT2D eigenvalue weighted by molar-refractivity contribution is 1.07. The van der Waals surface area contributed by atoms with Crippen molar-refractivity contribution in [2.75, 3.05) is 0 Å². The summed E-state index contributed by atoms with van der Waals surface area (Å²) in [5.41, 5.74) is 11.7. The Kier molecular flexibility index (Phi) is 9.79. The van der Waals surface area contributed by atoms with E-state index < -0.39 is 0 Å². The third-order valence-corrected chi connectivity index (χ3v) is 11.5. The van der Waals surface area contributed by atoms with E-state index in [1.807, 2.05) is 103 Å². The Bertz CT molecular complexity index is 3520. The molecular formula is C56H32N8. The lowest BCUT2D eigenvalue weighted by atomic mass is 9.88. The summed E-state index contributed by atoms with van der Waals surface area (Å²) in [6.07, 6.45) is 0. The maximum Gasteiger partial charge on any atom is 0.188 e. The number of nitriles is 3. The number of nitrogens with zero attached hydrogens (tertiary/aromatic N) is 8. The summed E-state index contributed by atoms with van der Waals surface area (Å²) < 4.78 is 2.20. The van der Waals surface area contributed by atoms with Crippen LogP contribution in [0.15, 0.2) is 176 Å². The summed E-state index contributed by atoms with van der Waals surface area (Å²) in [6, 6.07) is 63.6. The molecule has 0 aliphatic carbocycles. The molecule has 2 aromatic heterocycles. The smallest absolute Gasteiger partial charge is 0.188 e. The van der Waals surface area contributed by atoms with Gasteiger partial charge in [-0.05, 0) is 77.7 Å². The van der Waals surface area contributed by atoms with Gasteiger partial charge in [-0.25, -0.2) is 19.8 Å². The van der Waals surface area contributed by atoms with E-state index in [2.05, 4.69) is 77.0 Å². The molecule has 64 heavy (non-hydrogen) atoms. The van der Waals surface area contributed by atoms with Crippen molar-refractivity contribution in [1.29, 1.82) is 15.8 Å². The standard InChI is InChI=1S/C56H32N8/c1-35-13-9-10-18-44(35)39-22-26-52-48(29-39)47-19-11-12-20-51(47)64(52)53-49(45-24-21-36(32-57)27-41(45)33-58)30-40(31-50(53)46-25-23-43(60-2)28-42(46)34-59)56-62-54(37-14-5-3-6-15-37)61-55(63-56)38-16-7-4-8-17-38/h3-31H,1H3. The Morgan fingerprint density at radius 1 is 0.453 bits per heavy atom. The molecule has 296 valence electrons. The highest BCUT2D eigenvalue weighted by molar-refractivity contribution is 6.12. The Morgan fingerprint density at radius 2 is 1.02 bits per heavy atom. The molecule has 10 rings (SSSR count). The summed E-state index contributed by atoms with van der Waals surface area (Å²) in [5.74, 6) is 1.31. The van der Waals surface area contributed by atoms with Gasteiger partial charge >= 0.3 is 0 Å². The molecule has 0 aliphatic heterocycles. The third kappa shape index (κ3) is 6.77. The highest BCUT2D eigenvalue weighted by atomic mass is 15.0. The van der Waals surface area contributed by atoms with Crippen LogP contribution < -0.4 is 0 Å². The lowest BCUT2D eigenvalue weighted by Crippen LogP contribution is -2.05. The fourth-order valence-corrected chi connectivity index (χ4v) is 8.50. The first-order valence-corrected chi connectivity index (χ1v) is 20.5. The van der Waals surface area contributed by atoms with Crippen molar-refractivity contribution >= 4 is 27.5 Å².